The third kappa shape index (κ3) is 7.53. The molecule has 0 aromatic heterocycles. The highest BCUT2D eigenvalue weighted by Gasteiger charge is 2.42. The normalized spacial score (nSPS) is 11.4. The minimum atomic E-state index is -4.38. The van der Waals surface area contributed by atoms with Crippen molar-refractivity contribution in [2.75, 3.05) is 6.61 Å². The SMILES string of the molecule is CCCc1ccccc1OC(=O)CCCC(=O)OCC(F)(F)C(F)F. The molecule has 1 aromatic carbocycles. The molecular weight excluding hydrogens is 344 g/mol. The molecule has 0 aliphatic rings. The van der Waals surface area contributed by atoms with Crippen LogP contribution >= 0.6 is 0 Å². The molecule has 8 heteroatoms. The van der Waals surface area contributed by atoms with E-state index in [9.17, 15) is 27.2 Å². The van der Waals surface area contributed by atoms with Crippen LogP contribution in [0.4, 0.5) is 17.6 Å². The summed E-state index contributed by atoms with van der Waals surface area (Å²) in [6, 6.07) is 7.05. The number of benzene rings is 1. The molecule has 4 nitrogen and oxygen atoms in total. The van der Waals surface area contributed by atoms with E-state index in [0.717, 1.165) is 18.4 Å². The van der Waals surface area contributed by atoms with Gasteiger partial charge in [0.15, 0.2) is 6.61 Å². The maximum absolute atomic E-state index is 12.6. The van der Waals surface area contributed by atoms with E-state index in [1.165, 1.54) is 0 Å². The fraction of sp³-hybridized carbons (Fsp3) is 0.529. The first-order valence-electron chi connectivity index (χ1n) is 7.86. The predicted octanol–water partition coefficient (Wildman–Crippen LogP) is 4.16. The van der Waals surface area contributed by atoms with Gasteiger partial charge in [0.25, 0.3) is 0 Å². The summed E-state index contributed by atoms with van der Waals surface area (Å²) in [6.45, 7) is 0.306. The molecule has 0 N–H and O–H groups in total. The van der Waals surface area contributed by atoms with Crippen LogP contribution in [0.5, 0.6) is 5.75 Å². The summed E-state index contributed by atoms with van der Waals surface area (Å²) in [5.74, 6) is -5.58. The van der Waals surface area contributed by atoms with Crippen LogP contribution in [0.15, 0.2) is 24.3 Å². The van der Waals surface area contributed by atoms with Crippen LogP contribution in [0.1, 0.15) is 38.2 Å². The molecule has 0 bridgehead atoms. The zero-order valence-electron chi connectivity index (χ0n) is 13.8. The van der Waals surface area contributed by atoms with Crippen LogP contribution in [0.25, 0.3) is 0 Å². The number of para-hydroxylation sites is 1. The van der Waals surface area contributed by atoms with E-state index in [1.807, 2.05) is 19.1 Å². The first kappa shape index (κ1) is 20.9. The number of halogens is 4. The summed E-state index contributed by atoms with van der Waals surface area (Å²) >= 11 is 0. The number of carbonyl (C=O) groups excluding carboxylic acids is 2. The van der Waals surface area contributed by atoms with Crippen LogP contribution in [-0.4, -0.2) is 30.9 Å². The monoisotopic (exact) mass is 364 g/mol. The zero-order valence-corrected chi connectivity index (χ0v) is 13.8. The van der Waals surface area contributed by atoms with Gasteiger partial charge in [-0.1, -0.05) is 31.5 Å². The molecule has 0 heterocycles. The van der Waals surface area contributed by atoms with Gasteiger partial charge in [-0.15, -0.1) is 0 Å². The predicted molar refractivity (Wildman–Crippen MR) is 81.8 cm³/mol. The lowest BCUT2D eigenvalue weighted by Crippen LogP contribution is -2.33. The van der Waals surface area contributed by atoms with Crippen molar-refractivity contribution in [3.8, 4) is 5.75 Å². The number of rotatable bonds is 10. The van der Waals surface area contributed by atoms with Crippen molar-refractivity contribution in [3.05, 3.63) is 29.8 Å². The molecule has 0 saturated carbocycles. The van der Waals surface area contributed by atoms with Crippen molar-refractivity contribution in [3.63, 3.8) is 0 Å². The molecule has 0 unspecified atom stereocenters. The highest BCUT2D eigenvalue weighted by Crippen LogP contribution is 2.23. The molecule has 0 radical (unpaired) electrons. The van der Waals surface area contributed by atoms with Gasteiger partial charge >= 0.3 is 24.3 Å². The summed E-state index contributed by atoms with van der Waals surface area (Å²) in [7, 11) is 0. The number of carbonyl (C=O) groups is 2. The summed E-state index contributed by atoms with van der Waals surface area (Å²) in [5, 5.41) is 0. The van der Waals surface area contributed by atoms with E-state index >= 15 is 0 Å². The summed E-state index contributed by atoms with van der Waals surface area (Å²) in [4.78, 5) is 23.0. The molecule has 0 aliphatic carbocycles. The van der Waals surface area contributed by atoms with Crippen LogP contribution in [-0.2, 0) is 20.7 Å². The fourth-order valence-corrected chi connectivity index (χ4v) is 1.94. The van der Waals surface area contributed by atoms with Gasteiger partial charge in [-0.3, -0.25) is 9.59 Å². The topological polar surface area (TPSA) is 52.6 Å². The minimum Gasteiger partial charge on any atom is -0.459 e. The van der Waals surface area contributed by atoms with Crippen LogP contribution in [0.2, 0.25) is 0 Å². The van der Waals surface area contributed by atoms with E-state index in [0.29, 0.717) is 5.75 Å². The number of aryl methyl sites for hydroxylation is 1. The van der Waals surface area contributed by atoms with Gasteiger partial charge in [-0.05, 0) is 24.5 Å². The highest BCUT2D eigenvalue weighted by atomic mass is 19.3. The van der Waals surface area contributed by atoms with Gasteiger partial charge in [-0.2, -0.15) is 8.78 Å². The molecule has 0 spiro atoms. The van der Waals surface area contributed by atoms with Crippen molar-refractivity contribution in [1.82, 2.24) is 0 Å². The second kappa shape index (κ2) is 10.0. The number of alkyl halides is 4. The van der Waals surface area contributed by atoms with Crippen molar-refractivity contribution >= 4 is 11.9 Å². The lowest BCUT2D eigenvalue weighted by Gasteiger charge is -2.14. The van der Waals surface area contributed by atoms with Crippen molar-refractivity contribution in [2.24, 2.45) is 0 Å². The van der Waals surface area contributed by atoms with Crippen molar-refractivity contribution in [1.29, 1.82) is 0 Å². The Bertz CT molecular complexity index is 576. The molecular formula is C17H20F4O4. The smallest absolute Gasteiger partial charge is 0.340 e. The van der Waals surface area contributed by atoms with Gasteiger partial charge in [0.1, 0.15) is 5.75 Å². The average molecular weight is 364 g/mol. The molecule has 1 rings (SSSR count). The van der Waals surface area contributed by atoms with Crippen LogP contribution < -0.4 is 4.74 Å². The van der Waals surface area contributed by atoms with Crippen LogP contribution in [0, 0.1) is 0 Å². The first-order valence-corrected chi connectivity index (χ1v) is 7.86. The molecule has 25 heavy (non-hydrogen) atoms. The second-order valence-electron chi connectivity index (χ2n) is 5.41. The lowest BCUT2D eigenvalue weighted by atomic mass is 10.1. The Hall–Kier alpha value is -2.12. The van der Waals surface area contributed by atoms with Gasteiger partial charge < -0.3 is 9.47 Å². The summed E-state index contributed by atoms with van der Waals surface area (Å²) in [5.41, 5.74) is 0.881. The standard InChI is InChI=1S/C17H20F4O4/c1-2-6-12-7-3-4-8-13(12)25-15(23)10-5-9-14(22)24-11-17(20,21)16(18)19/h3-4,7-8,16H,2,5-6,9-11H2,1H3. The Morgan fingerprint density at radius 2 is 1.76 bits per heavy atom. The zero-order chi connectivity index (χ0) is 18.9. The van der Waals surface area contributed by atoms with Gasteiger partial charge in [0.2, 0.25) is 0 Å². The Morgan fingerprint density at radius 3 is 2.40 bits per heavy atom. The van der Waals surface area contributed by atoms with E-state index in [4.69, 9.17) is 4.74 Å². The van der Waals surface area contributed by atoms with Gasteiger partial charge in [-0.25, -0.2) is 8.78 Å². The summed E-state index contributed by atoms with van der Waals surface area (Å²) < 4.78 is 58.3. The van der Waals surface area contributed by atoms with Gasteiger partial charge in [0.05, 0.1) is 0 Å². The quantitative estimate of drug-likeness (QED) is 0.355. The molecule has 1 aromatic rings. The van der Waals surface area contributed by atoms with Crippen molar-refractivity contribution < 1.29 is 36.6 Å². The largest absolute Gasteiger partial charge is 0.459 e. The summed E-state index contributed by atoms with van der Waals surface area (Å²) in [6.07, 6.45) is -2.74. The minimum absolute atomic E-state index is 0.00780. The molecule has 0 saturated heterocycles. The molecule has 140 valence electrons. The third-order valence-corrected chi connectivity index (χ3v) is 3.22. The van der Waals surface area contributed by atoms with Gasteiger partial charge in [0, 0.05) is 12.8 Å². The molecule has 0 aliphatic heterocycles. The lowest BCUT2D eigenvalue weighted by molar-refractivity contribution is -0.179. The molecule has 0 fully saturated rings. The Labute approximate surface area is 143 Å². The second-order valence-corrected chi connectivity index (χ2v) is 5.41. The van der Waals surface area contributed by atoms with E-state index in [-0.39, 0.29) is 19.3 Å². The maximum Gasteiger partial charge on any atom is 0.340 e. The van der Waals surface area contributed by atoms with Crippen molar-refractivity contribution in [2.45, 2.75) is 51.4 Å². The van der Waals surface area contributed by atoms with Crippen LogP contribution in [0.3, 0.4) is 0 Å². The maximum atomic E-state index is 12.6. The highest BCUT2D eigenvalue weighted by molar-refractivity contribution is 5.74. The van der Waals surface area contributed by atoms with E-state index in [2.05, 4.69) is 4.74 Å². The molecule has 0 atom stereocenters. The Kier molecular flexibility index (Phi) is 8.37. The Morgan fingerprint density at radius 1 is 1.12 bits per heavy atom. The number of esters is 2. The fourth-order valence-electron chi connectivity index (χ4n) is 1.94. The molecule has 0 amide bonds. The first-order chi connectivity index (χ1) is 11.8. The van der Waals surface area contributed by atoms with E-state index < -0.39 is 30.9 Å². The Balaban J connectivity index is 2.34. The average Bonchev–Trinajstić information content (AvgIpc) is 2.55. The third-order valence-electron chi connectivity index (χ3n) is 3.22. The number of ether oxygens (including phenoxy) is 2. The number of hydrogen-bond acceptors (Lipinski definition) is 4. The van der Waals surface area contributed by atoms with E-state index in [1.54, 1.807) is 12.1 Å². The number of hydrogen-bond donors (Lipinski definition) is 0.